The Bertz CT molecular complexity index is 745. The highest BCUT2D eigenvalue weighted by Crippen LogP contribution is 2.33. The van der Waals surface area contributed by atoms with Crippen molar-refractivity contribution in [3.8, 4) is 0 Å². The molecule has 0 bridgehead atoms. The van der Waals surface area contributed by atoms with Crippen molar-refractivity contribution in [3.05, 3.63) is 59.4 Å². The average Bonchev–Trinajstić information content (AvgIpc) is 2.74. The van der Waals surface area contributed by atoms with Gasteiger partial charge in [0.1, 0.15) is 11.9 Å². The molecule has 6 heteroatoms. The van der Waals surface area contributed by atoms with E-state index in [2.05, 4.69) is 10.6 Å². The highest BCUT2D eigenvalue weighted by molar-refractivity contribution is 6.04. The van der Waals surface area contributed by atoms with Crippen LogP contribution in [0.2, 0.25) is 0 Å². The van der Waals surface area contributed by atoms with Crippen LogP contribution in [0.1, 0.15) is 22.0 Å². The van der Waals surface area contributed by atoms with Gasteiger partial charge in [-0.05, 0) is 30.3 Å². The minimum absolute atomic E-state index is 0.278. The molecule has 1 atom stereocenters. The van der Waals surface area contributed by atoms with E-state index in [1.54, 1.807) is 30.3 Å². The molecule has 0 aromatic heterocycles. The first-order valence-corrected chi connectivity index (χ1v) is 6.31. The maximum atomic E-state index is 13.2. The summed E-state index contributed by atoms with van der Waals surface area (Å²) < 4.78 is 13.2. The van der Waals surface area contributed by atoms with Crippen molar-refractivity contribution in [2.75, 3.05) is 10.6 Å². The van der Waals surface area contributed by atoms with Gasteiger partial charge in [-0.1, -0.05) is 12.1 Å². The average molecular weight is 285 g/mol. The highest BCUT2D eigenvalue weighted by atomic mass is 19.1. The van der Waals surface area contributed by atoms with Gasteiger partial charge in [0.25, 0.3) is 5.91 Å². The van der Waals surface area contributed by atoms with E-state index in [9.17, 15) is 14.0 Å². The minimum Gasteiger partial charge on any atom is -0.370 e. The van der Waals surface area contributed by atoms with Crippen molar-refractivity contribution in [1.82, 2.24) is 0 Å². The molecule has 0 fully saturated rings. The summed E-state index contributed by atoms with van der Waals surface area (Å²) in [6.45, 7) is 0. The summed E-state index contributed by atoms with van der Waals surface area (Å²) in [5, 5.41) is 5.63. The molecule has 1 heterocycles. The summed E-state index contributed by atoms with van der Waals surface area (Å²) in [7, 11) is 0. The zero-order valence-electron chi connectivity index (χ0n) is 10.9. The van der Waals surface area contributed by atoms with Crippen LogP contribution in [0.3, 0.4) is 0 Å². The van der Waals surface area contributed by atoms with Gasteiger partial charge in [0, 0.05) is 22.5 Å². The van der Waals surface area contributed by atoms with Crippen LogP contribution in [0.25, 0.3) is 0 Å². The van der Waals surface area contributed by atoms with E-state index >= 15 is 0 Å². The molecular weight excluding hydrogens is 273 g/mol. The van der Waals surface area contributed by atoms with Gasteiger partial charge in [0.15, 0.2) is 0 Å². The van der Waals surface area contributed by atoms with Gasteiger partial charge in [-0.2, -0.15) is 0 Å². The smallest absolute Gasteiger partial charge is 0.251 e. The number of fused-ring (bicyclic) bond motifs is 1. The number of hydrogen-bond donors (Lipinski definition) is 3. The van der Waals surface area contributed by atoms with E-state index in [0.717, 1.165) is 0 Å². The molecule has 5 nitrogen and oxygen atoms in total. The number of rotatable bonds is 3. The lowest BCUT2D eigenvalue weighted by atomic mass is 10.1. The Morgan fingerprint density at radius 3 is 2.81 bits per heavy atom. The minimum atomic E-state index is -0.635. The number of nitrogens with one attached hydrogen (secondary N) is 2. The van der Waals surface area contributed by atoms with E-state index in [4.69, 9.17) is 5.73 Å². The summed E-state index contributed by atoms with van der Waals surface area (Å²) in [6, 6.07) is 10.0. The molecule has 4 N–H and O–H groups in total. The topological polar surface area (TPSA) is 84.2 Å². The second-order valence-corrected chi connectivity index (χ2v) is 4.74. The van der Waals surface area contributed by atoms with E-state index in [0.29, 0.717) is 22.5 Å². The number of carbonyl (C=O) groups excluding carboxylic acids is 2. The lowest BCUT2D eigenvalue weighted by molar-refractivity contribution is -0.116. The molecule has 106 valence electrons. The number of nitrogens with two attached hydrogens (primary N) is 1. The summed E-state index contributed by atoms with van der Waals surface area (Å²) >= 11 is 0. The molecule has 0 radical (unpaired) electrons. The second kappa shape index (κ2) is 4.90. The van der Waals surface area contributed by atoms with E-state index < -0.39 is 17.8 Å². The Kier molecular flexibility index (Phi) is 3.06. The van der Waals surface area contributed by atoms with Crippen molar-refractivity contribution in [2.45, 2.75) is 6.04 Å². The number of halogens is 1. The Morgan fingerprint density at radius 1 is 1.24 bits per heavy atom. The number of benzene rings is 2. The molecule has 0 aliphatic carbocycles. The predicted molar refractivity (Wildman–Crippen MR) is 76.4 cm³/mol. The van der Waals surface area contributed by atoms with Crippen LogP contribution in [0, 0.1) is 5.82 Å². The van der Waals surface area contributed by atoms with Gasteiger partial charge in [-0.25, -0.2) is 4.39 Å². The van der Waals surface area contributed by atoms with E-state index in [1.165, 1.54) is 12.1 Å². The van der Waals surface area contributed by atoms with Crippen molar-refractivity contribution in [1.29, 1.82) is 0 Å². The standard InChI is InChI=1S/C15H12FN3O2/c16-9-4-5-11-12(7-9)19-15(21)13(11)18-10-3-1-2-8(6-10)14(17)20/h1-7,13,18H,(H2,17,20)(H,19,21). The van der Waals surface area contributed by atoms with E-state index in [1.807, 2.05) is 0 Å². The van der Waals surface area contributed by atoms with Crippen molar-refractivity contribution >= 4 is 23.2 Å². The van der Waals surface area contributed by atoms with Crippen LogP contribution in [-0.2, 0) is 4.79 Å². The van der Waals surface area contributed by atoms with Crippen LogP contribution in [0.15, 0.2) is 42.5 Å². The third kappa shape index (κ3) is 2.43. The van der Waals surface area contributed by atoms with Crippen molar-refractivity contribution < 1.29 is 14.0 Å². The molecule has 0 saturated carbocycles. The van der Waals surface area contributed by atoms with Crippen LogP contribution >= 0.6 is 0 Å². The summed E-state index contributed by atoms with van der Waals surface area (Å²) in [5.74, 6) is -1.23. The molecule has 3 rings (SSSR count). The third-order valence-electron chi connectivity index (χ3n) is 3.30. The zero-order valence-corrected chi connectivity index (χ0v) is 10.9. The number of carbonyl (C=O) groups is 2. The van der Waals surface area contributed by atoms with Gasteiger partial charge in [0.05, 0.1) is 0 Å². The summed E-state index contributed by atoms with van der Waals surface area (Å²) in [5.41, 5.74) is 7.26. The fraction of sp³-hybridized carbons (Fsp3) is 0.0667. The number of amides is 2. The Balaban J connectivity index is 1.91. The number of hydrogen-bond acceptors (Lipinski definition) is 3. The first-order chi connectivity index (χ1) is 10.0. The number of primary amides is 1. The highest BCUT2D eigenvalue weighted by Gasteiger charge is 2.30. The van der Waals surface area contributed by atoms with Gasteiger partial charge in [-0.3, -0.25) is 9.59 Å². The van der Waals surface area contributed by atoms with Crippen molar-refractivity contribution in [3.63, 3.8) is 0 Å². The predicted octanol–water partition coefficient (Wildman–Crippen LogP) is 2.03. The Hall–Kier alpha value is -2.89. The lowest BCUT2D eigenvalue weighted by Crippen LogP contribution is -2.20. The molecule has 1 aliphatic rings. The largest absolute Gasteiger partial charge is 0.370 e. The molecule has 0 spiro atoms. The monoisotopic (exact) mass is 285 g/mol. The molecule has 2 aromatic rings. The Labute approximate surface area is 120 Å². The zero-order chi connectivity index (χ0) is 15.0. The summed E-state index contributed by atoms with van der Waals surface area (Å²) in [4.78, 5) is 23.1. The maximum absolute atomic E-state index is 13.2. The fourth-order valence-corrected chi connectivity index (χ4v) is 2.31. The first kappa shape index (κ1) is 13.1. The second-order valence-electron chi connectivity index (χ2n) is 4.74. The third-order valence-corrected chi connectivity index (χ3v) is 3.30. The van der Waals surface area contributed by atoms with Crippen LogP contribution in [-0.4, -0.2) is 11.8 Å². The van der Waals surface area contributed by atoms with Gasteiger partial charge >= 0.3 is 0 Å². The molecule has 2 aromatic carbocycles. The fourth-order valence-electron chi connectivity index (χ4n) is 2.31. The van der Waals surface area contributed by atoms with Gasteiger partial charge in [-0.15, -0.1) is 0 Å². The SMILES string of the molecule is NC(=O)c1cccc(NC2C(=O)Nc3cc(F)ccc32)c1. The quantitative estimate of drug-likeness (QED) is 0.806. The maximum Gasteiger partial charge on any atom is 0.251 e. The first-order valence-electron chi connectivity index (χ1n) is 6.31. The Morgan fingerprint density at radius 2 is 2.05 bits per heavy atom. The normalized spacial score (nSPS) is 16.2. The number of anilines is 2. The van der Waals surface area contributed by atoms with E-state index in [-0.39, 0.29) is 5.91 Å². The molecule has 1 unspecified atom stereocenters. The van der Waals surface area contributed by atoms with Crippen LogP contribution in [0.4, 0.5) is 15.8 Å². The molecule has 1 aliphatic heterocycles. The molecule has 21 heavy (non-hydrogen) atoms. The van der Waals surface area contributed by atoms with Gasteiger partial charge in [0.2, 0.25) is 5.91 Å². The van der Waals surface area contributed by atoms with Crippen LogP contribution < -0.4 is 16.4 Å². The van der Waals surface area contributed by atoms with Crippen molar-refractivity contribution in [2.24, 2.45) is 5.73 Å². The van der Waals surface area contributed by atoms with Crippen LogP contribution in [0.5, 0.6) is 0 Å². The van der Waals surface area contributed by atoms with Gasteiger partial charge < -0.3 is 16.4 Å². The molecule has 0 saturated heterocycles. The molecule has 2 amide bonds. The summed E-state index contributed by atoms with van der Waals surface area (Å²) in [6.07, 6.45) is 0. The lowest BCUT2D eigenvalue weighted by Gasteiger charge is -2.13. The molecular formula is C15H12FN3O2.